The van der Waals surface area contributed by atoms with Crippen molar-refractivity contribution >= 4 is 40.0 Å². The van der Waals surface area contributed by atoms with Crippen LogP contribution < -0.4 is 21.9 Å². The third-order valence-electron chi connectivity index (χ3n) is 4.28. The van der Waals surface area contributed by atoms with Crippen LogP contribution in [0.25, 0.3) is 11.0 Å². The Morgan fingerprint density at radius 3 is 2.78 bits per heavy atom. The van der Waals surface area contributed by atoms with E-state index in [4.69, 9.17) is 21.8 Å². The van der Waals surface area contributed by atoms with Crippen LogP contribution in [0.4, 0.5) is 11.5 Å². The van der Waals surface area contributed by atoms with E-state index in [9.17, 15) is 14.4 Å². The van der Waals surface area contributed by atoms with E-state index in [2.05, 4.69) is 4.98 Å². The van der Waals surface area contributed by atoms with Gasteiger partial charge in [0.25, 0.3) is 11.5 Å². The van der Waals surface area contributed by atoms with Crippen molar-refractivity contribution in [1.82, 2.24) is 9.55 Å². The highest BCUT2D eigenvalue weighted by Gasteiger charge is 2.24. The average Bonchev–Trinajstić information content (AvgIpc) is 3.03. The Balaban J connectivity index is 2.03. The number of halogens is 1. The fourth-order valence-electron chi connectivity index (χ4n) is 2.83. The van der Waals surface area contributed by atoms with Gasteiger partial charge in [-0.3, -0.25) is 19.1 Å². The number of nitrogens with one attached hydrogen (secondary N) is 1. The number of nitrogens with two attached hydrogens (primary N) is 1. The number of carbonyl (C=O) groups excluding carboxylic acids is 1. The van der Waals surface area contributed by atoms with Gasteiger partial charge in [0.05, 0.1) is 0 Å². The zero-order valence-corrected chi connectivity index (χ0v) is 15.7. The fourth-order valence-corrected chi connectivity index (χ4v) is 3.01. The quantitative estimate of drug-likeness (QED) is 0.694. The maximum Gasteiger partial charge on any atom is 0.330 e. The number of aromatic amines is 1. The fraction of sp³-hybridized carbons (Fsp3) is 0.278. The first-order valence-electron chi connectivity index (χ1n) is 8.43. The lowest BCUT2D eigenvalue weighted by atomic mass is 10.2. The molecule has 0 aliphatic heterocycles. The van der Waals surface area contributed by atoms with Gasteiger partial charge in [-0.05, 0) is 30.7 Å². The number of furan rings is 1. The topological polar surface area (TPSA) is 114 Å². The molecule has 0 bridgehead atoms. The monoisotopic (exact) mass is 390 g/mol. The minimum Gasteiger partial charge on any atom is -0.451 e. The van der Waals surface area contributed by atoms with E-state index >= 15 is 0 Å². The lowest BCUT2D eigenvalue weighted by Gasteiger charge is -2.19. The molecule has 0 fully saturated rings. The van der Waals surface area contributed by atoms with Gasteiger partial charge in [-0.25, -0.2) is 4.79 Å². The second kappa shape index (κ2) is 7.32. The number of hydrogen-bond acceptors (Lipinski definition) is 5. The number of fused-ring (bicyclic) bond motifs is 1. The Morgan fingerprint density at radius 1 is 1.33 bits per heavy atom. The Kier molecular flexibility index (Phi) is 5.09. The summed E-state index contributed by atoms with van der Waals surface area (Å²) in [6.07, 6.45) is 1.55. The molecule has 0 spiro atoms. The minimum absolute atomic E-state index is 0.0277. The molecule has 3 aromatic rings. The zero-order chi connectivity index (χ0) is 19.7. The van der Waals surface area contributed by atoms with E-state index in [0.29, 0.717) is 29.0 Å². The molecule has 9 heteroatoms. The number of unbranched alkanes of at least 4 members (excludes halogenated alkanes) is 1. The molecule has 0 atom stereocenters. The van der Waals surface area contributed by atoms with Gasteiger partial charge in [0.15, 0.2) is 11.4 Å². The van der Waals surface area contributed by atoms with Crippen molar-refractivity contribution in [2.24, 2.45) is 0 Å². The summed E-state index contributed by atoms with van der Waals surface area (Å²) in [5.74, 6) is -0.604. The van der Waals surface area contributed by atoms with Crippen LogP contribution in [0, 0.1) is 0 Å². The first kappa shape index (κ1) is 18.8. The van der Waals surface area contributed by atoms with E-state index in [1.807, 2.05) is 6.92 Å². The van der Waals surface area contributed by atoms with Gasteiger partial charge in [-0.2, -0.15) is 0 Å². The van der Waals surface area contributed by atoms with Crippen molar-refractivity contribution in [3.63, 3.8) is 0 Å². The number of rotatable bonds is 5. The molecule has 0 aliphatic rings. The summed E-state index contributed by atoms with van der Waals surface area (Å²) in [6.45, 7) is 2.31. The highest BCUT2D eigenvalue weighted by atomic mass is 35.5. The van der Waals surface area contributed by atoms with Crippen molar-refractivity contribution in [2.45, 2.75) is 26.3 Å². The van der Waals surface area contributed by atoms with Gasteiger partial charge in [-0.1, -0.05) is 24.9 Å². The largest absolute Gasteiger partial charge is 0.451 e. The van der Waals surface area contributed by atoms with Crippen LogP contribution >= 0.6 is 11.6 Å². The Labute approximate surface area is 159 Å². The van der Waals surface area contributed by atoms with Gasteiger partial charge in [0, 0.05) is 24.0 Å². The molecule has 2 aromatic heterocycles. The molecule has 27 heavy (non-hydrogen) atoms. The molecule has 1 aromatic carbocycles. The lowest BCUT2D eigenvalue weighted by molar-refractivity contribution is 0.0968. The third kappa shape index (κ3) is 3.48. The van der Waals surface area contributed by atoms with Gasteiger partial charge >= 0.3 is 5.69 Å². The van der Waals surface area contributed by atoms with E-state index in [1.54, 1.807) is 18.2 Å². The number of nitrogens with zero attached hydrogens (tertiary/aromatic N) is 2. The Hall–Kier alpha value is -3.00. The highest BCUT2D eigenvalue weighted by Crippen LogP contribution is 2.25. The molecule has 3 rings (SSSR count). The standard InChI is InChI=1S/C18H19ClN4O4/c1-3-4-7-23-15(20)14(16(24)21-18(23)26)22(2)17(25)13-9-10-8-11(19)5-6-12(10)27-13/h5-6,8-9H,3-4,7,20H2,1-2H3,(H,21,24,26). The Bertz CT molecular complexity index is 1130. The molecule has 0 unspecified atom stereocenters. The van der Waals surface area contributed by atoms with Crippen molar-refractivity contribution < 1.29 is 9.21 Å². The van der Waals surface area contributed by atoms with Crippen LogP contribution in [-0.2, 0) is 6.54 Å². The molecular weight excluding hydrogens is 372 g/mol. The molecule has 0 saturated heterocycles. The van der Waals surface area contributed by atoms with Gasteiger partial charge in [-0.15, -0.1) is 0 Å². The van der Waals surface area contributed by atoms with Crippen LogP contribution in [-0.4, -0.2) is 22.5 Å². The molecule has 142 valence electrons. The predicted molar refractivity (Wildman–Crippen MR) is 105 cm³/mol. The van der Waals surface area contributed by atoms with E-state index in [1.165, 1.54) is 17.7 Å². The van der Waals surface area contributed by atoms with Crippen LogP contribution in [0.15, 0.2) is 38.3 Å². The first-order valence-corrected chi connectivity index (χ1v) is 8.81. The molecule has 2 heterocycles. The van der Waals surface area contributed by atoms with Gasteiger partial charge < -0.3 is 15.1 Å². The summed E-state index contributed by atoms with van der Waals surface area (Å²) < 4.78 is 6.81. The first-order chi connectivity index (χ1) is 12.8. The highest BCUT2D eigenvalue weighted by molar-refractivity contribution is 6.31. The average molecular weight is 391 g/mol. The molecule has 0 saturated carbocycles. The van der Waals surface area contributed by atoms with E-state index in [0.717, 1.165) is 11.3 Å². The number of anilines is 2. The zero-order valence-electron chi connectivity index (χ0n) is 14.9. The number of H-pyrrole nitrogens is 1. The number of carbonyl (C=O) groups is 1. The van der Waals surface area contributed by atoms with Crippen LogP contribution in [0.2, 0.25) is 5.02 Å². The number of aromatic nitrogens is 2. The second-order valence-electron chi connectivity index (χ2n) is 6.16. The lowest BCUT2D eigenvalue weighted by Crippen LogP contribution is -2.39. The smallest absolute Gasteiger partial charge is 0.330 e. The summed E-state index contributed by atoms with van der Waals surface area (Å²) in [5.41, 5.74) is 5.09. The number of hydrogen-bond donors (Lipinski definition) is 2. The van der Waals surface area contributed by atoms with Crippen LogP contribution in [0.1, 0.15) is 30.3 Å². The molecule has 0 aliphatic carbocycles. The summed E-state index contributed by atoms with van der Waals surface area (Å²) in [4.78, 5) is 40.4. The van der Waals surface area contributed by atoms with E-state index < -0.39 is 17.2 Å². The number of amides is 1. The van der Waals surface area contributed by atoms with Crippen LogP contribution in [0.3, 0.4) is 0 Å². The predicted octanol–water partition coefficient (Wildman–Crippen LogP) is 2.60. The van der Waals surface area contributed by atoms with Gasteiger partial charge in [0.1, 0.15) is 11.4 Å². The van der Waals surface area contributed by atoms with Crippen molar-refractivity contribution in [3.8, 4) is 0 Å². The van der Waals surface area contributed by atoms with Crippen molar-refractivity contribution in [1.29, 1.82) is 0 Å². The number of nitrogen functional groups attached to an aromatic ring is 1. The summed E-state index contributed by atoms with van der Waals surface area (Å²) in [7, 11) is 1.40. The SMILES string of the molecule is CCCCn1c(N)c(N(C)C(=O)c2cc3cc(Cl)ccc3o2)c(=O)[nH]c1=O. The maximum absolute atomic E-state index is 12.8. The Morgan fingerprint density at radius 2 is 2.07 bits per heavy atom. The third-order valence-corrected chi connectivity index (χ3v) is 4.51. The number of benzene rings is 1. The van der Waals surface area contributed by atoms with E-state index in [-0.39, 0.29) is 17.3 Å². The molecule has 0 radical (unpaired) electrons. The minimum atomic E-state index is -0.736. The summed E-state index contributed by atoms with van der Waals surface area (Å²) in [6, 6.07) is 6.51. The maximum atomic E-state index is 12.8. The summed E-state index contributed by atoms with van der Waals surface area (Å²) >= 11 is 5.95. The van der Waals surface area contributed by atoms with Crippen molar-refractivity contribution in [2.75, 3.05) is 17.7 Å². The second-order valence-corrected chi connectivity index (χ2v) is 6.59. The molecular formula is C18H19ClN4O4. The van der Waals surface area contributed by atoms with Crippen molar-refractivity contribution in [3.05, 3.63) is 55.9 Å². The van der Waals surface area contributed by atoms with Crippen LogP contribution in [0.5, 0.6) is 0 Å². The normalized spacial score (nSPS) is 11.1. The molecule has 3 N–H and O–H groups in total. The molecule has 8 nitrogen and oxygen atoms in total. The van der Waals surface area contributed by atoms with Gasteiger partial charge in [0.2, 0.25) is 0 Å². The molecule has 1 amide bonds. The summed E-state index contributed by atoms with van der Waals surface area (Å²) in [5, 5.41) is 1.17.